The van der Waals surface area contributed by atoms with Crippen LogP contribution in [-0.4, -0.2) is 293 Å². The molecule has 6 aromatic rings. The number of halogens is 2. The lowest BCUT2D eigenvalue weighted by Crippen LogP contribution is -2.54. The number of hydrogen-bond donors (Lipinski definition) is 1. The smallest absolute Gasteiger partial charge is 0.256 e. The molecule has 0 aliphatic carbocycles. The van der Waals surface area contributed by atoms with Gasteiger partial charge in [-0.05, 0) is 150 Å². The molecule has 3 atom stereocenters. The summed E-state index contributed by atoms with van der Waals surface area (Å²) in [6.07, 6.45) is -0.713. The van der Waals surface area contributed by atoms with Crippen molar-refractivity contribution in [3.05, 3.63) is 215 Å². The van der Waals surface area contributed by atoms with Gasteiger partial charge in [0, 0.05) is 199 Å². The van der Waals surface area contributed by atoms with E-state index in [0.29, 0.717) is 86.2 Å². The molecule has 117 heavy (non-hydrogen) atoms. The molecular formula is C96H142F2N12O7. The molecule has 0 radical (unpaired) electrons. The normalized spacial score (nSPS) is 17.8. The summed E-state index contributed by atoms with van der Waals surface area (Å²) < 4.78 is 27.1. The molecule has 21 heteroatoms. The van der Waals surface area contributed by atoms with E-state index in [-0.39, 0.29) is 53.4 Å². The summed E-state index contributed by atoms with van der Waals surface area (Å²) in [5, 5.41) is 10.1. The zero-order valence-electron chi connectivity index (χ0n) is 73.8. The van der Waals surface area contributed by atoms with Crippen molar-refractivity contribution in [3.8, 4) is 0 Å². The van der Waals surface area contributed by atoms with E-state index in [9.17, 15) is 42.7 Å². The number of rotatable bonds is 19. The molecule has 6 fully saturated rings. The third-order valence-corrected chi connectivity index (χ3v) is 23.9. The Morgan fingerprint density at radius 2 is 0.598 bits per heavy atom. The molecule has 1 N–H and O–H groups in total. The molecule has 6 aliphatic heterocycles. The molecule has 19 nitrogen and oxygen atoms in total. The molecule has 12 rings (SSSR count). The van der Waals surface area contributed by atoms with Crippen molar-refractivity contribution in [2.75, 3.05) is 157 Å². The minimum absolute atomic E-state index is 0.0169. The van der Waals surface area contributed by atoms with Gasteiger partial charge in [0.15, 0.2) is 6.10 Å². The van der Waals surface area contributed by atoms with Gasteiger partial charge >= 0.3 is 0 Å². The van der Waals surface area contributed by atoms with E-state index >= 15 is 0 Å². The molecule has 0 spiro atoms. The SMILES string of the molecule is CC(C(=O)N1CCN(C(C)C)CC1)c1ccccc1.CC(C)C(C(=O)N1CCN(C(C)C)CC1)c1ccccc1.CC(C)N1CCN(C(=O)C(C)(C)c2ccccc2)CC1.CC(C)N1CCN(C(=O)C(O)c2ccccc2)CC1.CC(C)N1CCN(C(=O)Cc2c(F)cccc2F)CC1.CC(C)N1CCN(C(=O)Cc2ccccc2)CC1. The van der Waals surface area contributed by atoms with Crippen LogP contribution in [0.15, 0.2) is 170 Å². The van der Waals surface area contributed by atoms with Crippen molar-refractivity contribution in [3.63, 3.8) is 0 Å². The van der Waals surface area contributed by atoms with Crippen molar-refractivity contribution < 1.29 is 42.7 Å². The third kappa shape index (κ3) is 29.6. The van der Waals surface area contributed by atoms with Gasteiger partial charge in [-0.1, -0.05) is 172 Å². The Balaban J connectivity index is 0.000000194. The lowest BCUT2D eigenvalue weighted by molar-refractivity contribution is -0.142. The Bertz CT molecular complexity index is 3780. The highest BCUT2D eigenvalue weighted by atomic mass is 19.1. The number of carbonyl (C=O) groups excluding carboxylic acids is 6. The summed E-state index contributed by atoms with van der Waals surface area (Å²) in [6, 6.07) is 56.4. The summed E-state index contributed by atoms with van der Waals surface area (Å²) in [4.78, 5) is 101. The van der Waals surface area contributed by atoms with Gasteiger partial charge in [-0.2, -0.15) is 0 Å². The predicted molar refractivity (Wildman–Crippen MR) is 470 cm³/mol. The van der Waals surface area contributed by atoms with Gasteiger partial charge in [-0.15, -0.1) is 0 Å². The Morgan fingerprint density at radius 3 is 0.940 bits per heavy atom. The molecule has 0 bridgehead atoms. The van der Waals surface area contributed by atoms with Crippen LogP contribution in [0.3, 0.4) is 0 Å². The number of aliphatic hydroxyl groups is 1. The molecule has 3 unspecified atom stereocenters. The lowest BCUT2D eigenvalue weighted by Gasteiger charge is -2.40. The van der Waals surface area contributed by atoms with Crippen molar-refractivity contribution in [1.29, 1.82) is 0 Å². The molecule has 642 valence electrons. The molecule has 6 aromatic carbocycles. The summed E-state index contributed by atoms with van der Waals surface area (Å²) in [6.45, 7) is 57.4. The second-order valence-electron chi connectivity index (χ2n) is 34.4. The summed E-state index contributed by atoms with van der Waals surface area (Å²) >= 11 is 0. The van der Waals surface area contributed by atoms with Gasteiger partial charge in [-0.3, -0.25) is 58.2 Å². The van der Waals surface area contributed by atoms with E-state index in [4.69, 9.17) is 0 Å². The second kappa shape index (κ2) is 48.1. The Labute approximate surface area is 701 Å². The molecule has 6 aliphatic rings. The maximum Gasteiger partial charge on any atom is 0.256 e. The highest BCUT2D eigenvalue weighted by molar-refractivity contribution is 5.88. The van der Waals surface area contributed by atoms with E-state index in [1.165, 1.54) is 18.2 Å². The maximum atomic E-state index is 13.5. The molecule has 0 saturated carbocycles. The largest absolute Gasteiger partial charge is 0.378 e. The van der Waals surface area contributed by atoms with Gasteiger partial charge in [-0.25, -0.2) is 8.78 Å². The number of nitrogens with zero attached hydrogens (tertiary/aromatic N) is 12. The van der Waals surface area contributed by atoms with Gasteiger partial charge in [0.2, 0.25) is 29.5 Å². The first-order chi connectivity index (χ1) is 55.8. The van der Waals surface area contributed by atoms with Crippen LogP contribution in [0.4, 0.5) is 8.78 Å². The van der Waals surface area contributed by atoms with Crippen LogP contribution in [0.2, 0.25) is 0 Å². The first kappa shape index (κ1) is 95.9. The molecule has 0 aromatic heterocycles. The van der Waals surface area contributed by atoms with Crippen molar-refractivity contribution in [2.45, 2.75) is 190 Å². The number of amides is 6. The minimum Gasteiger partial charge on any atom is -0.378 e. The van der Waals surface area contributed by atoms with Crippen LogP contribution in [0.5, 0.6) is 0 Å². The highest BCUT2D eigenvalue weighted by Crippen LogP contribution is 2.30. The van der Waals surface area contributed by atoms with Crippen LogP contribution in [0.25, 0.3) is 0 Å². The Hall–Kier alpha value is -8.28. The van der Waals surface area contributed by atoms with Crippen molar-refractivity contribution in [2.24, 2.45) is 5.92 Å². The molecule has 6 saturated heterocycles. The molecule has 6 heterocycles. The Kier molecular flexibility index (Phi) is 39.4. The quantitative estimate of drug-likeness (QED) is 0.0816. The van der Waals surface area contributed by atoms with E-state index in [0.717, 1.165) is 153 Å². The summed E-state index contributed by atoms with van der Waals surface area (Å²) in [7, 11) is 0. The standard InChI is InChI=1S/C18H28N2O.C17H26N2O.C16H24N2O.C15H20F2N2O.C15H22N2O2.C15H22N2O/c1-14(2)17(16-8-6-5-7-9-16)18(21)20-12-10-19(11-13-20)15(3)4;1-14(2)18-10-12-19(13-11-18)16(20)17(3,4)15-8-6-5-7-9-15;1-13(2)17-9-11-18(12-10-17)16(19)14(3)15-7-5-4-6-8-15;1-11(2)18-6-8-19(9-7-18)15(20)10-12-13(16)4-3-5-14(12)17;1-12(2)16-8-10-17(11-9-16)15(19)14(18)13-6-4-3-5-7-13;1-13(2)16-8-10-17(11-9-16)15(18)12-14-6-4-3-5-7-14/h5-9,14-15,17H,10-13H2,1-4H3;5-9,14H,10-13H2,1-4H3;4-8,13-14H,9-12H2,1-3H3;3-5,11H,6-10H2,1-2H3;3-7,12,14,18H,8-11H2,1-2H3;3-7,13H,8-12H2,1-2H3. The minimum atomic E-state index is -1.04. The highest BCUT2D eigenvalue weighted by Gasteiger charge is 2.37. The Morgan fingerprint density at radius 1 is 0.316 bits per heavy atom. The lowest BCUT2D eigenvalue weighted by atomic mass is 9.83. The topological polar surface area (TPSA) is 162 Å². The van der Waals surface area contributed by atoms with Gasteiger partial charge in [0.05, 0.1) is 30.1 Å². The second-order valence-corrected chi connectivity index (χ2v) is 34.4. The van der Waals surface area contributed by atoms with Crippen LogP contribution in [0, 0.1) is 17.6 Å². The van der Waals surface area contributed by atoms with E-state index in [2.05, 4.69) is 143 Å². The molecular weight excluding hydrogens is 1470 g/mol. The van der Waals surface area contributed by atoms with Crippen LogP contribution in [-0.2, 0) is 47.0 Å². The van der Waals surface area contributed by atoms with E-state index < -0.39 is 23.2 Å². The number of aliphatic hydroxyl groups excluding tert-OH is 1. The third-order valence-electron chi connectivity index (χ3n) is 23.9. The maximum absolute atomic E-state index is 13.5. The molecule has 6 amide bonds. The van der Waals surface area contributed by atoms with Gasteiger partial charge in [0.1, 0.15) is 11.6 Å². The number of benzene rings is 6. The fourth-order valence-electron chi connectivity index (χ4n) is 15.8. The van der Waals surface area contributed by atoms with Crippen molar-refractivity contribution >= 4 is 35.4 Å². The zero-order valence-corrected chi connectivity index (χ0v) is 73.8. The van der Waals surface area contributed by atoms with Crippen LogP contribution < -0.4 is 0 Å². The van der Waals surface area contributed by atoms with Crippen LogP contribution in [0.1, 0.15) is 169 Å². The first-order valence-electron chi connectivity index (χ1n) is 43.3. The zero-order chi connectivity index (χ0) is 85.5. The van der Waals surface area contributed by atoms with Gasteiger partial charge in [0.25, 0.3) is 5.91 Å². The summed E-state index contributed by atoms with van der Waals surface area (Å²) in [5.74, 6) is -0.386. The monoisotopic (exact) mass is 1610 g/mol. The fraction of sp³-hybridized carbons (Fsp3) is 0.562. The summed E-state index contributed by atoms with van der Waals surface area (Å²) in [5.41, 5.74) is 4.54. The predicted octanol–water partition coefficient (Wildman–Crippen LogP) is 13.0. The number of carbonyl (C=O) groups is 6. The number of piperazine rings is 6. The van der Waals surface area contributed by atoms with E-state index in [1.54, 1.807) is 21.9 Å². The fourth-order valence-corrected chi connectivity index (χ4v) is 15.8. The first-order valence-corrected chi connectivity index (χ1v) is 43.3. The average molecular weight is 1610 g/mol. The van der Waals surface area contributed by atoms with Gasteiger partial charge < -0.3 is 34.5 Å². The van der Waals surface area contributed by atoms with E-state index in [1.807, 2.05) is 163 Å². The number of hydrogen-bond acceptors (Lipinski definition) is 13. The average Bonchev–Trinajstić information content (AvgIpc) is 0.770. The van der Waals surface area contributed by atoms with Crippen molar-refractivity contribution in [1.82, 2.24) is 58.8 Å². The van der Waals surface area contributed by atoms with Crippen LogP contribution >= 0.6 is 0 Å².